The van der Waals surface area contributed by atoms with E-state index in [1.54, 1.807) is 0 Å². The van der Waals surface area contributed by atoms with Crippen LogP contribution in [0.1, 0.15) is 24.8 Å². The normalized spacial score (nSPS) is 17.7. The van der Waals surface area contributed by atoms with Gasteiger partial charge in [-0.15, -0.1) is 0 Å². The largest absolute Gasteiger partial charge is 0.409 e. The van der Waals surface area contributed by atoms with Crippen molar-refractivity contribution >= 4 is 21.8 Å². The third kappa shape index (κ3) is 4.21. The molecule has 0 aromatic heterocycles. The molecule has 0 bridgehead atoms. The van der Waals surface area contributed by atoms with E-state index in [2.05, 4.69) is 51.2 Å². The highest BCUT2D eigenvalue weighted by atomic mass is 79.9. The van der Waals surface area contributed by atoms with Gasteiger partial charge >= 0.3 is 0 Å². The van der Waals surface area contributed by atoms with Gasteiger partial charge in [0.25, 0.3) is 0 Å². The van der Waals surface area contributed by atoms with Crippen molar-refractivity contribution in [2.24, 2.45) is 16.3 Å². The highest BCUT2D eigenvalue weighted by Crippen LogP contribution is 2.49. The first-order valence-electron chi connectivity index (χ1n) is 6.42. The van der Waals surface area contributed by atoms with Gasteiger partial charge in [0.15, 0.2) is 0 Å². The van der Waals surface area contributed by atoms with Crippen LogP contribution in [0.3, 0.4) is 0 Å². The van der Waals surface area contributed by atoms with Gasteiger partial charge in [-0.3, -0.25) is 0 Å². The van der Waals surface area contributed by atoms with Gasteiger partial charge in [-0.05, 0) is 43.0 Å². The van der Waals surface area contributed by atoms with Crippen molar-refractivity contribution in [3.63, 3.8) is 0 Å². The third-order valence-corrected chi connectivity index (χ3v) is 4.08. The summed E-state index contributed by atoms with van der Waals surface area (Å²) in [6, 6.07) is 8.35. The molecule has 1 fully saturated rings. The minimum absolute atomic E-state index is 0.219. The minimum Gasteiger partial charge on any atom is -0.409 e. The summed E-state index contributed by atoms with van der Waals surface area (Å²) >= 11 is 3.49. The zero-order valence-corrected chi connectivity index (χ0v) is 12.7. The Kier molecular flexibility index (Phi) is 4.47. The summed E-state index contributed by atoms with van der Waals surface area (Å²) in [5, 5.41) is 11.8. The lowest BCUT2D eigenvalue weighted by Crippen LogP contribution is -2.29. The van der Waals surface area contributed by atoms with E-state index in [1.165, 1.54) is 5.56 Å². The Bertz CT molecular complexity index is 472. The molecular formula is C14H20BrN3O. The maximum absolute atomic E-state index is 8.67. The predicted molar refractivity (Wildman–Crippen MR) is 80.2 cm³/mol. The molecule has 1 aromatic rings. The fraction of sp³-hybridized carbons (Fsp3) is 0.500. The first kappa shape index (κ1) is 14.3. The molecule has 5 heteroatoms. The van der Waals surface area contributed by atoms with Gasteiger partial charge in [-0.2, -0.15) is 0 Å². The molecule has 3 N–H and O–H groups in total. The molecular weight excluding hydrogens is 306 g/mol. The molecule has 1 aliphatic carbocycles. The van der Waals surface area contributed by atoms with Crippen molar-refractivity contribution in [1.82, 2.24) is 4.90 Å². The molecule has 0 aliphatic heterocycles. The highest BCUT2D eigenvalue weighted by Gasteiger charge is 2.43. The average molecular weight is 326 g/mol. The Morgan fingerprint density at radius 3 is 2.84 bits per heavy atom. The van der Waals surface area contributed by atoms with Crippen molar-refractivity contribution < 1.29 is 5.21 Å². The van der Waals surface area contributed by atoms with Crippen molar-refractivity contribution in [2.75, 3.05) is 13.6 Å². The van der Waals surface area contributed by atoms with E-state index in [0.29, 0.717) is 12.3 Å². The van der Waals surface area contributed by atoms with Crippen molar-refractivity contribution in [2.45, 2.75) is 25.8 Å². The highest BCUT2D eigenvalue weighted by molar-refractivity contribution is 9.10. The number of rotatable bonds is 6. The SMILES string of the molecule is CN(Cc1cccc(Br)c1)CC1(CC(N)=NO)CC1. The van der Waals surface area contributed by atoms with Crippen LogP contribution in [0.4, 0.5) is 0 Å². The number of nitrogens with two attached hydrogens (primary N) is 1. The van der Waals surface area contributed by atoms with Gasteiger partial charge in [0.2, 0.25) is 0 Å². The van der Waals surface area contributed by atoms with Crippen molar-refractivity contribution in [3.8, 4) is 0 Å². The molecule has 0 amide bonds. The van der Waals surface area contributed by atoms with Crippen LogP contribution < -0.4 is 5.73 Å². The van der Waals surface area contributed by atoms with Crippen LogP contribution in [0.25, 0.3) is 0 Å². The molecule has 0 unspecified atom stereocenters. The van der Waals surface area contributed by atoms with Gasteiger partial charge in [-0.25, -0.2) is 0 Å². The maximum atomic E-state index is 8.67. The Morgan fingerprint density at radius 1 is 1.53 bits per heavy atom. The molecule has 0 heterocycles. The van der Waals surface area contributed by atoms with Crippen LogP contribution in [-0.2, 0) is 6.54 Å². The molecule has 0 radical (unpaired) electrons. The maximum Gasteiger partial charge on any atom is 0.139 e. The van der Waals surface area contributed by atoms with Crippen molar-refractivity contribution in [1.29, 1.82) is 0 Å². The molecule has 4 nitrogen and oxygen atoms in total. The molecule has 104 valence electrons. The van der Waals surface area contributed by atoms with E-state index < -0.39 is 0 Å². The Balaban J connectivity index is 1.89. The monoisotopic (exact) mass is 325 g/mol. The lowest BCUT2D eigenvalue weighted by atomic mass is 10.0. The van der Waals surface area contributed by atoms with Gasteiger partial charge in [-0.1, -0.05) is 33.2 Å². The smallest absolute Gasteiger partial charge is 0.139 e. The summed E-state index contributed by atoms with van der Waals surface area (Å²) in [5.41, 5.74) is 7.13. The Morgan fingerprint density at radius 2 is 2.26 bits per heavy atom. The molecule has 1 aliphatic rings. The number of halogens is 1. The van der Waals surface area contributed by atoms with Gasteiger partial charge in [0.05, 0.1) is 0 Å². The number of oxime groups is 1. The van der Waals surface area contributed by atoms with E-state index in [1.807, 2.05) is 6.07 Å². The number of benzene rings is 1. The van der Waals surface area contributed by atoms with Crippen LogP contribution in [0.5, 0.6) is 0 Å². The van der Waals surface area contributed by atoms with Crippen LogP contribution in [0.15, 0.2) is 33.9 Å². The number of hydrogen-bond acceptors (Lipinski definition) is 3. The topological polar surface area (TPSA) is 61.8 Å². The van der Waals surface area contributed by atoms with Crippen LogP contribution >= 0.6 is 15.9 Å². The minimum atomic E-state index is 0.219. The summed E-state index contributed by atoms with van der Waals surface area (Å²) in [7, 11) is 2.12. The fourth-order valence-electron chi connectivity index (χ4n) is 2.56. The fourth-order valence-corrected chi connectivity index (χ4v) is 3.01. The lowest BCUT2D eigenvalue weighted by Gasteiger charge is -2.23. The first-order chi connectivity index (χ1) is 9.03. The van der Waals surface area contributed by atoms with Crippen LogP contribution in [0.2, 0.25) is 0 Å². The number of hydrogen-bond donors (Lipinski definition) is 2. The predicted octanol–water partition coefficient (Wildman–Crippen LogP) is 2.80. The van der Waals surface area contributed by atoms with E-state index in [-0.39, 0.29) is 5.41 Å². The second kappa shape index (κ2) is 5.92. The van der Waals surface area contributed by atoms with Gasteiger partial charge in [0.1, 0.15) is 5.84 Å². The molecule has 1 saturated carbocycles. The second-order valence-electron chi connectivity index (χ2n) is 5.57. The molecule has 0 atom stereocenters. The summed E-state index contributed by atoms with van der Waals surface area (Å²) < 4.78 is 1.11. The summed E-state index contributed by atoms with van der Waals surface area (Å²) in [5.74, 6) is 0.341. The molecule has 0 spiro atoms. The first-order valence-corrected chi connectivity index (χ1v) is 7.22. The van der Waals surface area contributed by atoms with Gasteiger partial charge < -0.3 is 15.8 Å². The standard InChI is InChI=1S/C14H20BrN3O/c1-18(9-11-3-2-4-12(15)7-11)10-14(5-6-14)8-13(16)17-19/h2-4,7,19H,5-6,8-10H2,1H3,(H2,16,17). The Labute approximate surface area is 122 Å². The van der Waals surface area contributed by atoms with E-state index in [9.17, 15) is 0 Å². The molecule has 1 aromatic carbocycles. The molecule has 19 heavy (non-hydrogen) atoms. The summed E-state index contributed by atoms with van der Waals surface area (Å²) in [6.07, 6.45) is 3.00. The van der Waals surface area contributed by atoms with E-state index in [0.717, 1.165) is 30.4 Å². The van der Waals surface area contributed by atoms with E-state index in [4.69, 9.17) is 10.9 Å². The molecule has 2 rings (SSSR count). The average Bonchev–Trinajstić information content (AvgIpc) is 3.08. The Hall–Kier alpha value is -1.07. The molecule has 0 saturated heterocycles. The lowest BCUT2D eigenvalue weighted by molar-refractivity contribution is 0.256. The van der Waals surface area contributed by atoms with Crippen LogP contribution in [-0.4, -0.2) is 29.5 Å². The second-order valence-corrected chi connectivity index (χ2v) is 6.49. The number of amidine groups is 1. The van der Waals surface area contributed by atoms with Crippen LogP contribution in [0, 0.1) is 5.41 Å². The number of nitrogens with zero attached hydrogens (tertiary/aromatic N) is 2. The van der Waals surface area contributed by atoms with Crippen molar-refractivity contribution in [3.05, 3.63) is 34.3 Å². The van der Waals surface area contributed by atoms with Gasteiger partial charge in [0, 0.05) is 24.0 Å². The van der Waals surface area contributed by atoms with E-state index >= 15 is 0 Å². The quantitative estimate of drug-likeness (QED) is 0.366. The summed E-state index contributed by atoms with van der Waals surface area (Å²) in [4.78, 5) is 2.30. The third-order valence-electron chi connectivity index (χ3n) is 3.59. The summed E-state index contributed by atoms with van der Waals surface area (Å²) in [6.45, 7) is 1.90. The zero-order chi connectivity index (χ0) is 13.9. The zero-order valence-electron chi connectivity index (χ0n) is 11.1.